The summed E-state index contributed by atoms with van der Waals surface area (Å²) < 4.78 is 0. The molecule has 1 rings (SSSR count). The lowest BCUT2D eigenvalue weighted by atomic mass is 10.1. The van der Waals surface area contributed by atoms with Crippen molar-refractivity contribution in [3.8, 4) is 0 Å². The number of nitrogens with two attached hydrogens (primary N) is 1. The Morgan fingerprint density at radius 1 is 1.42 bits per heavy atom. The van der Waals surface area contributed by atoms with Crippen molar-refractivity contribution in [2.24, 2.45) is 5.73 Å². The number of carboxylic acid groups (broad SMARTS) is 1. The number of nitrogen functional groups attached to an aromatic ring is 1. The van der Waals surface area contributed by atoms with Gasteiger partial charge in [-0.05, 0) is 18.1 Å². The second-order valence-electron chi connectivity index (χ2n) is 4.53. The molecule has 0 aliphatic carbocycles. The van der Waals surface area contributed by atoms with Crippen molar-refractivity contribution in [2.75, 3.05) is 6.54 Å². The van der Waals surface area contributed by atoms with E-state index in [-0.39, 0.29) is 5.84 Å². The zero-order valence-corrected chi connectivity index (χ0v) is 11.2. The van der Waals surface area contributed by atoms with E-state index in [1.165, 1.54) is 4.90 Å². The third-order valence-corrected chi connectivity index (χ3v) is 2.91. The quantitative estimate of drug-likeness (QED) is 0.401. The van der Waals surface area contributed by atoms with Crippen molar-refractivity contribution in [3.05, 3.63) is 35.4 Å². The van der Waals surface area contributed by atoms with E-state index in [0.717, 1.165) is 24.8 Å². The minimum Gasteiger partial charge on any atom is -0.465 e. The van der Waals surface area contributed by atoms with Crippen molar-refractivity contribution in [3.63, 3.8) is 0 Å². The average molecular weight is 263 g/mol. The summed E-state index contributed by atoms with van der Waals surface area (Å²) in [4.78, 5) is 12.6. The molecule has 0 bridgehead atoms. The molecule has 0 radical (unpaired) electrons. The Bertz CT molecular complexity index is 446. The molecule has 0 aliphatic heterocycles. The number of nitrogens with one attached hydrogen (secondary N) is 1. The van der Waals surface area contributed by atoms with Crippen molar-refractivity contribution < 1.29 is 9.90 Å². The number of carbonyl (C=O) groups is 1. The van der Waals surface area contributed by atoms with Crippen LogP contribution in [0.2, 0.25) is 0 Å². The van der Waals surface area contributed by atoms with Crippen LogP contribution >= 0.6 is 0 Å². The molecule has 104 valence electrons. The number of rotatable bonds is 7. The van der Waals surface area contributed by atoms with E-state index in [4.69, 9.17) is 11.1 Å². The minimum absolute atomic E-state index is 0.00490. The van der Waals surface area contributed by atoms with Crippen LogP contribution in [0.5, 0.6) is 0 Å². The summed E-state index contributed by atoms with van der Waals surface area (Å²) in [6.45, 7) is 2.95. The van der Waals surface area contributed by atoms with E-state index in [0.29, 0.717) is 18.7 Å². The second kappa shape index (κ2) is 7.41. The van der Waals surface area contributed by atoms with Crippen molar-refractivity contribution >= 4 is 11.9 Å². The molecule has 0 heterocycles. The van der Waals surface area contributed by atoms with Crippen LogP contribution in [0, 0.1) is 5.41 Å². The highest BCUT2D eigenvalue weighted by Crippen LogP contribution is 2.10. The Morgan fingerprint density at radius 2 is 2.16 bits per heavy atom. The van der Waals surface area contributed by atoms with Gasteiger partial charge >= 0.3 is 6.09 Å². The first kappa shape index (κ1) is 15.0. The molecule has 5 nitrogen and oxygen atoms in total. The summed E-state index contributed by atoms with van der Waals surface area (Å²) in [6, 6.07) is 7.15. The molecule has 1 aromatic rings. The van der Waals surface area contributed by atoms with E-state index in [9.17, 15) is 9.90 Å². The Labute approximate surface area is 113 Å². The lowest BCUT2D eigenvalue weighted by Crippen LogP contribution is -2.30. The molecule has 0 atom stereocenters. The van der Waals surface area contributed by atoms with E-state index in [1.54, 1.807) is 18.2 Å². The summed E-state index contributed by atoms with van der Waals surface area (Å²) in [7, 11) is 0. The minimum atomic E-state index is -0.913. The first-order chi connectivity index (χ1) is 9.04. The number of hydrogen-bond acceptors (Lipinski definition) is 2. The molecule has 1 aromatic carbocycles. The van der Waals surface area contributed by atoms with Gasteiger partial charge < -0.3 is 15.7 Å². The van der Waals surface area contributed by atoms with Crippen LogP contribution in [0.1, 0.15) is 37.3 Å². The van der Waals surface area contributed by atoms with Gasteiger partial charge in [-0.15, -0.1) is 0 Å². The monoisotopic (exact) mass is 263 g/mol. The van der Waals surface area contributed by atoms with Gasteiger partial charge in [-0.2, -0.15) is 0 Å². The lowest BCUT2D eigenvalue weighted by Gasteiger charge is -2.19. The molecule has 0 fully saturated rings. The highest BCUT2D eigenvalue weighted by Gasteiger charge is 2.12. The summed E-state index contributed by atoms with van der Waals surface area (Å²) in [5.74, 6) is -0.00490. The molecule has 0 saturated heterocycles. The van der Waals surface area contributed by atoms with Crippen molar-refractivity contribution in [1.29, 1.82) is 5.41 Å². The molecule has 0 aromatic heterocycles. The zero-order valence-electron chi connectivity index (χ0n) is 11.2. The third-order valence-electron chi connectivity index (χ3n) is 2.91. The number of unbranched alkanes of at least 4 members (excludes halogenated alkanes) is 2. The van der Waals surface area contributed by atoms with Gasteiger partial charge in [-0.25, -0.2) is 4.79 Å². The maximum Gasteiger partial charge on any atom is 0.407 e. The second-order valence-corrected chi connectivity index (χ2v) is 4.53. The fourth-order valence-corrected chi connectivity index (χ4v) is 1.85. The van der Waals surface area contributed by atoms with Crippen LogP contribution < -0.4 is 5.73 Å². The Balaban J connectivity index is 2.70. The van der Waals surface area contributed by atoms with Crippen LogP contribution in [0.3, 0.4) is 0 Å². The Kier molecular flexibility index (Phi) is 5.85. The SMILES string of the molecule is CCCCCN(Cc1cccc(C(=N)N)c1)C(=O)O. The number of hydrogen-bond donors (Lipinski definition) is 3. The number of nitrogens with zero attached hydrogens (tertiary/aromatic N) is 1. The molecule has 0 unspecified atom stereocenters. The van der Waals surface area contributed by atoms with Crippen LogP contribution in [0.4, 0.5) is 4.79 Å². The first-order valence-electron chi connectivity index (χ1n) is 6.45. The fourth-order valence-electron chi connectivity index (χ4n) is 1.85. The van der Waals surface area contributed by atoms with Crippen LogP contribution in [-0.2, 0) is 6.54 Å². The maximum absolute atomic E-state index is 11.2. The number of benzene rings is 1. The molecule has 0 spiro atoms. The van der Waals surface area contributed by atoms with Gasteiger partial charge in [-0.3, -0.25) is 5.41 Å². The van der Waals surface area contributed by atoms with Crippen LogP contribution in [0.15, 0.2) is 24.3 Å². The summed E-state index contributed by atoms with van der Waals surface area (Å²) >= 11 is 0. The predicted octanol–water partition coefficient (Wildman–Crippen LogP) is 2.64. The van der Waals surface area contributed by atoms with Gasteiger partial charge in [0.05, 0.1) is 0 Å². The zero-order chi connectivity index (χ0) is 14.3. The fraction of sp³-hybridized carbons (Fsp3) is 0.429. The summed E-state index contributed by atoms with van der Waals surface area (Å²) in [5.41, 5.74) is 6.90. The number of amidine groups is 1. The topological polar surface area (TPSA) is 90.4 Å². The third kappa shape index (κ3) is 4.99. The van der Waals surface area contributed by atoms with Gasteiger partial charge in [0.25, 0.3) is 0 Å². The Hall–Kier alpha value is -2.04. The van der Waals surface area contributed by atoms with Gasteiger partial charge in [0.2, 0.25) is 0 Å². The average Bonchev–Trinajstić information content (AvgIpc) is 2.38. The van der Waals surface area contributed by atoms with Gasteiger partial charge in [-0.1, -0.05) is 38.0 Å². The normalized spacial score (nSPS) is 10.2. The molecule has 5 heteroatoms. The Morgan fingerprint density at radius 3 is 2.74 bits per heavy atom. The standard InChI is InChI=1S/C14H21N3O2/c1-2-3-4-8-17(14(18)19)10-11-6-5-7-12(9-11)13(15)16/h5-7,9H,2-4,8,10H2,1H3,(H3,15,16)(H,18,19). The van der Waals surface area contributed by atoms with Crippen molar-refractivity contribution in [2.45, 2.75) is 32.7 Å². The van der Waals surface area contributed by atoms with E-state index in [2.05, 4.69) is 6.92 Å². The smallest absolute Gasteiger partial charge is 0.407 e. The number of amides is 1. The van der Waals surface area contributed by atoms with Crippen molar-refractivity contribution in [1.82, 2.24) is 4.90 Å². The summed E-state index contributed by atoms with van der Waals surface area (Å²) in [5, 5.41) is 16.6. The highest BCUT2D eigenvalue weighted by molar-refractivity contribution is 5.95. The highest BCUT2D eigenvalue weighted by atomic mass is 16.4. The van der Waals surface area contributed by atoms with Gasteiger partial charge in [0.15, 0.2) is 0 Å². The maximum atomic E-state index is 11.2. The molecule has 0 saturated carbocycles. The van der Waals surface area contributed by atoms with Crippen LogP contribution in [-0.4, -0.2) is 28.5 Å². The first-order valence-corrected chi connectivity index (χ1v) is 6.45. The van der Waals surface area contributed by atoms with E-state index >= 15 is 0 Å². The molecule has 0 aliphatic rings. The molecule has 1 amide bonds. The molecular formula is C14H21N3O2. The van der Waals surface area contributed by atoms with Gasteiger partial charge in [0, 0.05) is 18.7 Å². The van der Waals surface area contributed by atoms with E-state index < -0.39 is 6.09 Å². The van der Waals surface area contributed by atoms with Gasteiger partial charge in [0.1, 0.15) is 5.84 Å². The molecular weight excluding hydrogens is 242 g/mol. The predicted molar refractivity (Wildman–Crippen MR) is 75.4 cm³/mol. The molecule has 19 heavy (non-hydrogen) atoms. The molecule has 4 N–H and O–H groups in total. The van der Waals surface area contributed by atoms with Crippen LogP contribution in [0.25, 0.3) is 0 Å². The largest absolute Gasteiger partial charge is 0.465 e. The lowest BCUT2D eigenvalue weighted by molar-refractivity contribution is 0.141. The summed E-state index contributed by atoms with van der Waals surface area (Å²) in [6.07, 6.45) is 2.05. The van der Waals surface area contributed by atoms with E-state index in [1.807, 2.05) is 6.07 Å².